The molecule has 0 fully saturated rings. The molecule has 1 rings (SSSR count). The molecule has 0 amide bonds. The van der Waals surface area contributed by atoms with Crippen molar-refractivity contribution in [3.63, 3.8) is 0 Å². The van der Waals surface area contributed by atoms with Crippen molar-refractivity contribution in [1.82, 2.24) is 9.97 Å². The van der Waals surface area contributed by atoms with E-state index < -0.39 is 7.60 Å². The van der Waals surface area contributed by atoms with Gasteiger partial charge >= 0.3 is 7.60 Å². The molecule has 1 heterocycles. The van der Waals surface area contributed by atoms with E-state index in [1.807, 2.05) is 0 Å². The molecule has 0 spiro atoms. The van der Waals surface area contributed by atoms with Crippen LogP contribution in [0.5, 0.6) is 0 Å². The zero-order valence-electron chi connectivity index (χ0n) is 5.58. The summed E-state index contributed by atoms with van der Waals surface area (Å²) in [5.41, 5.74) is 0.445. The van der Waals surface area contributed by atoms with Crippen molar-refractivity contribution in [2.75, 3.05) is 0 Å². The third-order valence-electron chi connectivity index (χ3n) is 1.00. The third-order valence-corrected chi connectivity index (χ3v) is 1.78. The van der Waals surface area contributed by atoms with Crippen LogP contribution in [-0.2, 0) is 10.7 Å². The van der Waals surface area contributed by atoms with E-state index in [0.717, 1.165) is 0 Å². The Morgan fingerprint density at radius 2 is 1.91 bits per heavy atom. The molecule has 5 nitrogen and oxygen atoms in total. The van der Waals surface area contributed by atoms with Crippen LogP contribution in [0.25, 0.3) is 0 Å². The number of rotatable bonds is 2. The van der Waals surface area contributed by atoms with Crippen LogP contribution < -0.4 is 0 Å². The van der Waals surface area contributed by atoms with Crippen LogP contribution in [-0.4, -0.2) is 19.8 Å². The second kappa shape index (κ2) is 3.09. The molecule has 6 heteroatoms. The molecule has 0 atom stereocenters. The Bertz CT molecular complexity index is 270. The van der Waals surface area contributed by atoms with Gasteiger partial charge in [-0.3, -0.25) is 4.57 Å². The van der Waals surface area contributed by atoms with Crippen LogP contribution in [0.1, 0.15) is 5.56 Å². The fourth-order valence-electron chi connectivity index (χ4n) is 0.649. The Morgan fingerprint density at radius 3 is 2.36 bits per heavy atom. The van der Waals surface area contributed by atoms with Crippen LogP contribution >= 0.6 is 7.60 Å². The van der Waals surface area contributed by atoms with Crippen LogP contribution in [0.4, 0.5) is 0 Å². The lowest BCUT2D eigenvalue weighted by molar-refractivity contribution is 0.371. The summed E-state index contributed by atoms with van der Waals surface area (Å²) in [5, 5.41) is 0. The lowest BCUT2D eigenvalue weighted by atomic mass is 10.4. The van der Waals surface area contributed by atoms with Gasteiger partial charge in [0, 0.05) is 18.0 Å². The van der Waals surface area contributed by atoms with Gasteiger partial charge in [-0.2, -0.15) is 0 Å². The van der Waals surface area contributed by atoms with Crippen LogP contribution in [0.2, 0.25) is 0 Å². The molecular formula is C5H7N2O3P. The van der Waals surface area contributed by atoms with Crippen molar-refractivity contribution in [3.8, 4) is 0 Å². The Kier molecular flexibility index (Phi) is 2.34. The molecule has 60 valence electrons. The Labute approximate surface area is 63.3 Å². The minimum atomic E-state index is -3.97. The van der Waals surface area contributed by atoms with Gasteiger partial charge in [0.05, 0.1) is 6.16 Å². The lowest BCUT2D eigenvalue weighted by Crippen LogP contribution is -1.88. The van der Waals surface area contributed by atoms with Gasteiger partial charge in [0.25, 0.3) is 0 Å². The standard InChI is InChI=1S/C5H7N2O3P/c8-11(9,10)3-5-1-6-4-7-2-5/h1-2,4H,3H2,(H2,8,9,10). The van der Waals surface area contributed by atoms with Crippen LogP contribution in [0.15, 0.2) is 18.7 Å². The molecular weight excluding hydrogens is 167 g/mol. The van der Waals surface area contributed by atoms with Gasteiger partial charge in [-0.15, -0.1) is 0 Å². The fourth-order valence-corrected chi connectivity index (χ4v) is 1.29. The summed E-state index contributed by atoms with van der Waals surface area (Å²) in [5.74, 6) is 0. The van der Waals surface area contributed by atoms with Gasteiger partial charge in [0.1, 0.15) is 6.33 Å². The zero-order chi connectivity index (χ0) is 8.32. The van der Waals surface area contributed by atoms with Gasteiger partial charge in [0.15, 0.2) is 0 Å². The predicted octanol–water partition coefficient (Wildman–Crippen LogP) is 0.154. The molecule has 1 aromatic rings. The first-order valence-corrected chi connectivity index (χ1v) is 4.66. The molecule has 11 heavy (non-hydrogen) atoms. The third kappa shape index (κ3) is 3.23. The van der Waals surface area contributed by atoms with Crippen molar-refractivity contribution in [2.45, 2.75) is 6.16 Å². The highest BCUT2D eigenvalue weighted by Gasteiger charge is 2.13. The highest BCUT2D eigenvalue weighted by Crippen LogP contribution is 2.38. The maximum absolute atomic E-state index is 10.4. The summed E-state index contributed by atoms with van der Waals surface area (Å²) >= 11 is 0. The zero-order valence-corrected chi connectivity index (χ0v) is 6.48. The van der Waals surface area contributed by atoms with Crippen LogP contribution in [0, 0.1) is 0 Å². The van der Waals surface area contributed by atoms with E-state index >= 15 is 0 Å². The molecule has 0 aromatic carbocycles. The summed E-state index contributed by atoms with van der Waals surface area (Å²) in [7, 11) is -3.97. The summed E-state index contributed by atoms with van der Waals surface area (Å²) in [6, 6.07) is 0. The van der Waals surface area contributed by atoms with Crippen molar-refractivity contribution < 1.29 is 14.4 Å². The highest BCUT2D eigenvalue weighted by molar-refractivity contribution is 7.50. The van der Waals surface area contributed by atoms with Gasteiger partial charge in [-0.25, -0.2) is 9.97 Å². The molecule has 0 bridgehead atoms. The van der Waals surface area contributed by atoms with Crippen molar-refractivity contribution >= 4 is 7.60 Å². The van der Waals surface area contributed by atoms with Crippen molar-refractivity contribution in [2.24, 2.45) is 0 Å². The minimum absolute atomic E-state index is 0.298. The Balaban J connectivity index is 2.74. The first-order chi connectivity index (χ1) is 5.08. The highest BCUT2D eigenvalue weighted by atomic mass is 31.2. The Hall–Kier alpha value is -0.770. The molecule has 0 aliphatic carbocycles. The maximum atomic E-state index is 10.4. The number of hydrogen-bond acceptors (Lipinski definition) is 3. The minimum Gasteiger partial charge on any atom is -0.324 e. The normalized spacial score (nSPS) is 11.5. The average molecular weight is 174 g/mol. The summed E-state index contributed by atoms with van der Waals surface area (Å²) in [6.07, 6.45) is 3.77. The van der Waals surface area contributed by atoms with E-state index in [1.54, 1.807) is 0 Å². The molecule has 0 radical (unpaired) electrons. The van der Waals surface area contributed by atoms with Gasteiger partial charge in [-0.1, -0.05) is 0 Å². The molecule has 2 N–H and O–H groups in total. The van der Waals surface area contributed by atoms with E-state index in [1.165, 1.54) is 18.7 Å². The van der Waals surface area contributed by atoms with Gasteiger partial charge in [-0.05, 0) is 0 Å². The SMILES string of the molecule is O=P(O)(O)Cc1cncnc1. The topological polar surface area (TPSA) is 83.3 Å². The second-order valence-electron chi connectivity index (χ2n) is 2.07. The van der Waals surface area contributed by atoms with E-state index in [9.17, 15) is 4.57 Å². The predicted molar refractivity (Wildman–Crippen MR) is 37.8 cm³/mol. The number of nitrogens with zero attached hydrogens (tertiary/aromatic N) is 2. The number of hydrogen-bond donors (Lipinski definition) is 2. The first-order valence-electron chi connectivity index (χ1n) is 2.86. The van der Waals surface area contributed by atoms with E-state index in [2.05, 4.69) is 9.97 Å². The van der Waals surface area contributed by atoms with E-state index in [-0.39, 0.29) is 6.16 Å². The average Bonchev–Trinajstić information content (AvgIpc) is 1.85. The van der Waals surface area contributed by atoms with Gasteiger partial charge in [0.2, 0.25) is 0 Å². The lowest BCUT2D eigenvalue weighted by Gasteiger charge is -2.00. The van der Waals surface area contributed by atoms with Crippen molar-refractivity contribution in [1.29, 1.82) is 0 Å². The quantitative estimate of drug-likeness (QED) is 0.623. The fraction of sp³-hybridized carbons (Fsp3) is 0.200. The maximum Gasteiger partial charge on any atom is 0.330 e. The van der Waals surface area contributed by atoms with Crippen molar-refractivity contribution in [3.05, 3.63) is 24.3 Å². The molecule has 0 saturated carbocycles. The van der Waals surface area contributed by atoms with E-state index in [0.29, 0.717) is 5.56 Å². The van der Waals surface area contributed by atoms with E-state index in [4.69, 9.17) is 9.79 Å². The smallest absolute Gasteiger partial charge is 0.324 e. The molecule has 0 aliphatic rings. The molecule has 0 saturated heterocycles. The summed E-state index contributed by atoms with van der Waals surface area (Å²) in [6.45, 7) is 0. The van der Waals surface area contributed by atoms with Gasteiger partial charge < -0.3 is 9.79 Å². The Morgan fingerprint density at radius 1 is 1.36 bits per heavy atom. The molecule has 1 aromatic heterocycles. The number of aromatic nitrogens is 2. The summed E-state index contributed by atoms with van der Waals surface area (Å²) in [4.78, 5) is 24.3. The summed E-state index contributed by atoms with van der Waals surface area (Å²) < 4.78 is 10.4. The molecule has 0 unspecified atom stereocenters. The monoisotopic (exact) mass is 174 g/mol. The van der Waals surface area contributed by atoms with Crippen LogP contribution in [0.3, 0.4) is 0 Å². The molecule has 0 aliphatic heterocycles. The first kappa shape index (κ1) is 8.33. The largest absolute Gasteiger partial charge is 0.330 e. The second-order valence-corrected chi connectivity index (χ2v) is 3.72.